The molecule has 0 amide bonds. The number of carboxylic acid groups (broad SMARTS) is 1. The van der Waals surface area contributed by atoms with E-state index in [1.807, 2.05) is 12.1 Å². The van der Waals surface area contributed by atoms with Crippen LogP contribution in [0.2, 0.25) is 0 Å². The largest absolute Gasteiger partial charge is 0.478 e. The minimum absolute atomic E-state index is 0.219. The molecular weight excluding hydrogens is 336 g/mol. The van der Waals surface area contributed by atoms with E-state index < -0.39 is 5.97 Å². The molecule has 27 heavy (non-hydrogen) atoms. The Kier molecular flexibility index (Phi) is 4.05. The fraction of sp³-hybridized carbons (Fsp3) is 0.542. The third-order valence-corrected chi connectivity index (χ3v) is 7.52. The highest BCUT2D eigenvalue weighted by Gasteiger charge is 2.52. The number of hydrogen-bond donors (Lipinski definition) is 2. The van der Waals surface area contributed by atoms with Gasteiger partial charge in [-0.05, 0) is 109 Å². The lowest BCUT2D eigenvalue weighted by Gasteiger charge is -2.57. The molecule has 0 aliphatic heterocycles. The van der Waals surface area contributed by atoms with E-state index in [4.69, 9.17) is 0 Å². The van der Waals surface area contributed by atoms with Crippen molar-refractivity contribution < 1.29 is 15.0 Å². The summed E-state index contributed by atoms with van der Waals surface area (Å²) in [5, 5.41) is 20.9. The summed E-state index contributed by atoms with van der Waals surface area (Å²) in [7, 11) is 0. The van der Waals surface area contributed by atoms with E-state index in [9.17, 15) is 15.0 Å². The fourth-order valence-electron chi connectivity index (χ4n) is 6.89. The van der Waals surface area contributed by atoms with Gasteiger partial charge in [-0.15, -0.1) is 0 Å². The molecule has 6 rings (SSSR count). The first-order valence-corrected chi connectivity index (χ1v) is 10.5. The highest BCUT2D eigenvalue weighted by atomic mass is 16.4. The van der Waals surface area contributed by atoms with Gasteiger partial charge in [-0.2, -0.15) is 0 Å². The highest BCUT2D eigenvalue weighted by molar-refractivity contribution is 5.95. The average Bonchev–Trinajstić information content (AvgIpc) is 2.64. The monoisotopic (exact) mass is 364 g/mol. The van der Waals surface area contributed by atoms with Crippen molar-refractivity contribution in [3.05, 3.63) is 47.0 Å². The number of benzene rings is 2. The lowest BCUT2D eigenvalue weighted by Crippen LogP contribution is -2.48. The number of aliphatic hydroxyl groups excluding tert-OH is 1. The van der Waals surface area contributed by atoms with E-state index in [1.165, 1.54) is 49.7 Å². The molecule has 0 saturated heterocycles. The summed E-state index contributed by atoms with van der Waals surface area (Å²) in [6.45, 7) is 0.219. The lowest BCUT2D eigenvalue weighted by atomic mass is 9.47. The summed E-state index contributed by atoms with van der Waals surface area (Å²) >= 11 is 0. The number of carboxylic acids is 1. The van der Waals surface area contributed by atoms with E-state index in [0.717, 1.165) is 41.4 Å². The van der Waals surface area contributed by atoms with Gasteiger partial charge in [0.2, 0.25) is 0 Å². The topological polar surface area (TPSA) is 57.5 Å². The van der Waals surface area contributed by atoms with Gasteiger partial charge in [-0.1, -0.05) is 18.2 Å². The Morgan fingerprint density at radius 3 is 2.22 bits per heavy atom. The highest BCUT2D eigenvalue weighted by Crippen LogP contribution is 2.61. The molecule has 3 heteroatoms. The third kappa shape index (κ3) is 2.87. The standard InChI is InChI=1S/C24H28O3/c25-5-1-2-19-9-18-3-4-20(23(26)27)10-21(18)11-22(19)24-12-15-6-16(13-24)8-17(7-15)14-24/h3-4,9-11,15-17,25H,1-2,5-8,12-14H2,(H,26,27). The van der Waals surface area contributed by atoms with Crippen LogP contribution in [-0.4, -0.2) is 22.8 Å². The number of carbonyl (C=O) groups is 1. The lowest BCUT2D eigenvalue weighted by molar-refractivity contribution is -0.00554. The van der Waals surface area contributed by atoms with Crippen LogP contribution in [0.15, 0.2) is 30.3 Å². The molecule has 4 saturated carbocycles. The van der Waals surface area contributed by atoms with Gasteiger partial charge in [0.1, 0.15) is 0 Å². The fourth-order valence-corrected chi connectivity index (χ4v) is 6.89. The molecule has 0 radical (unpaired) electrons. The average molecular weight is 364 g/mol. The van der Waals surface area contributed by atoms with Crippen LogP contribution in [0.1, 0.15) is 66.4 Å². The Morgan fingerprint density at radius 2 is 1.63 bits per heavy atom. The van der Waals surface area contributed by atoms with Crippen molar-refractivity contribution in [3.63, 3.8) is 0 Å². The number of aliphatic hydroxyl groups is 1. The Balaban J connectivity index is 1.65. The van der Waals surface area contributed by atoms with Gasteiger partial charge in [-0.3, -0.25) is 0 Å². The van der Waals surface area contributed by atoms with Crippen molar-refractivity contribution in [2.75, 3.05) is 6.61 Å². The van der Waals surface area contributed by atoms with Gasteiger partial charge in [-0.25, -0.2) is 4.79 Å². The minimum atomic E-state index is -0.863. The molecule has 2 aromatic carbocycles. The summed E-state index contributed by atoms with van der Waals surface area (Å²) in [5.74, 6) is 1.77. The van der Waals surface area contributed by atoms with E-state index in [1.54, 1.807) is 6.07 Å². The first-order chi connectivity index (χ1) is 13.1. The molecule has 4 bridgehead atoms. The normalized spacial score (nSPS) is 31.5. The van der Waals surface area contributed by atoms with Crippen molar-refractivity contribution in [2.45, 2.75) is 56.8 Å². The SMILES string of the molecule is O=C(O)c1ccc2cc(CCCO)c(C34CC5CC(CC(C5)C3)C4)cc2c1. The first-order valence-electron chi connectivity index (χ1n) is 10.5. The second kappa shape index (κ2) is 6.34. The molecule has 2 N–H and O–H groups in total. The van der Waals surface area contributed by atoms with Gasteiger partial charge in [0, 0.05) is 6.61 Å². The van der Waals surface area contributed by atoms with Gasteiger partial charge in [0.05, 0.1) is 5.56 Å². The molecule has 142 valence electrons. The van der Waals surface area contributed by atoms with Crippen molar-refractivity contribution in [1.29, 1.82) is 0 Å². The van der Waals surface area contributed by atoms with Crippen LogP contribution < -0.4 is 0 Å². The summed E-state index contributed by atoms with van der Waals surface area (Å²) in [4.78, 5) is 11.4. The van der Waals surface area contributed by atoms with Crippen molar-refractivity contribution >= 4 is 16.7 Å². The molecule has 0 unspecified atom stereocenters. The van der Waals surface area contributed by atoms with Crippen molar-refractivity contribution in [2.24, 2.45) is 17.8 Å². The first kappa shape index (κ1) is 17.2. The maximum atomic E-state index is 11.4. The Labute approximate surface area is 160 Å². The zero-order valence-corrected chi connectivity index (χ0v) is 15.8. The summed E-state index contributed by atoms with van der Waals surface area (Å²) in [5.41, 5.74) is 3.49. The second-order valence-electron chi connectivity index (χ2n) is 9.40. The molecule has 0 spiro atoms. The number of fused-ring (bicyclic) bond motifs is 1. The minimum Gasteiger partial charge on any atom is -0.478 e. The predicted octanol–water partition coefficient (Wildman–Crippen LogP) is 4.93. The van der Waals surface area contributed by atoms with Crippen LogP contribution in [0.4, 0.5) is 0 Å². The number of aromatic carboxylic acids is 1. The van der Waals surface area contributed by atoms with Crippen LogP contribution in [-0.2, 0) is 11.8 Å². The number of rotatable bonds is 5. The molecular formula is C24H28O3. The predicted molar refractivity (Wildman–Crippen MR) is 106 cm³/mol. The van der Waals surface area contributed by atoms with Crippen LogP contribution in [0.3, 0.4) is 0 Å². The molecule has 4 aliphatic carbocycles. The van der Waals surface area contributed by atoms with E-state index in [0.29, 0.717) is 5.56 Å². The Morgan fingerprint density at radius 1 is 0.963 bits per heavy atom. The van der Waals surface area contributed by atoms with E-state index >= 15 is 0 Å². The van der Waals surface area contributed by atoms with Crippen molar-refractivity contribution in [1.82, 2.24) is 0 Å². The maximum absolute atomic E-state index is 11.4. The Bertz CT molecular complexity index is 863. The van der Waals surface area contributed by atoms with Crippen LogP contribution >= 0.6 is 0 Å². The second-order valence-corrected chi connectivity index (χ2v) is 9.40. The Hall–Kier alpha value is -1.87. The smallest absolute Gasteiger partial charge is 0.335 e. The molecule has 4 fully saturated rings. The molecule has 2 aromatic rings. The summed E-state index contributed by atoms with van der Waals surface area (Å²) in [6.07, 6.45) is 9.86. The number of hydrogen-bond acceptors (Lipinski definition) is 2. The van der Waals surface area contributed by atoms with Gasteiger partial charge in [0.15, 0.2) is 0 Å². The molecule has 4 aliphatic rings. The van der Waals surface area contributed by atoms with Crippen LogP contribution in [0.5, 0.6) is 0 Å². The zero-order valence-electron chi connectivity index (χ0n) is 15.8. The van der Waals surface area contributed by atoms with E-state index in [-0.39, 0.29) is 12.0 Å². The van der Waals surface area contributed by atoms with Gasteiger partial charge in [0.25, 0.3) is 0 Å². The molecule has 3 nitrogen and oxygen atoms in total. The number of aryl methyl sites for hydroxylation is 1. The molecule has 0 atom stereocenters. The third-order valence-electron chi connectivity index (χ3n) is 7.52. The maximum Gasteiger partial charge on any atom is 0.335 e. The summed E-state index contributed by atoms with van der Waals surface area (Å²) < 4.78 is 0. The van der Waals surface area contributed by atoms with Crippen molar-refractivity contribution in [3.8, 4) is 0 Å². The molecule has 0 aromatic heterocycles. The quantitative estimate of drug-likeness (QED) is 0.791. The summed E-state index contributed by atoms with van der Waals surface area (Å²) in [6, 6.07) is 10.0. The van der Waals surface area contributed by atoms with Gasteiger partial charge < -0.3 is 10.2 Å². The van der Waals surface area contributed by atoms with Crippen LogP contribution in [0.25, 0.3) is 10.8 Å². The van der Waals surface area contributed by atoms with E-state index in [2.05, 4.69) is 12.1 Å². The molecule has 0 heterocycles. The van der Waals surface area contributed by atoms with Crippen LogP contribution in [0, 0.1) is 17.8 Å². The van der Waals surface area contributed by atoms with Gasteiger partial charge >= 0.3 is 5.97 Å². The zero-order chi connectivity index (χ0) is 18.6.